The van der Waals surface area contributed by atoms with Gasteiger partial charge in [0, 0.05) is 19.2 Å². The Morgan fingerprint density at radius 1 is 0.970 bits per heavy atom. The summed E-state index contributed by atoms with van der Waals surface area (Å²) in [6.45, 7) is 6.32. The van der Waals surface area contributed by atoms with Crippen LogP contribution in [0.5, 0.6) is 5.75 Å². The Bertz CT molecular complexity index is 931. The molecule has 0 spiro atoms. The van der Waals surface area contributed by atoms with Gasteiger partial charge in [0.05, 0.1) is 6.04 Å². The fourth-order valence-corrected chi connectivity index (χ4v) is 3.12. The van der Waals surface area contributed by atoms with Crippen molar-refractivity contribution in [3.05, 3.63) is 95.8 Å². The van der Waals surface area contributed by atoms with Gasteiger partial charge >= 0.3 is 5.97 Å². The van der Waals surface area contributed by atoms with E-state index in [1.165, 1.54) is 17.7 Å². The number of halogens is 1. The Balaban J connectivity index is 0.000000689. The van der Waals surface area contributed by atoms with Crippen LogP contribution in [0.2, 0.25) is 0 Å². The van der Waals surface area contributed by atoms with Gasteiger partial charge in [0.15, 0.2) is 0 Å². The number of rotatable bonds is 8. The van der Waals surface area contributed by atoms with Crippen molar-refractivity contribution < 1.29 is 23.8 Å². The average Bonchev–Trinajstić information content (AvgIpc) is 2.86. The molecule has 0 heterocycles. The molecule has 3 aromatic carbocycles. The van der Waals surface area contributed by atoms with Crippen molar-refractivity contribution in [3.63, 3.8) is 0 Å². The van der Waals surface area contributed by atoms with Gasteiger partial charge in [-0.15, -0.1) is 0 Å². The maximum absolute atomic E-state index is 13.2. The predicted octanol–water partition coefficient (Wildman–Crippen LogP) is 6.29. The van der Waals surface area contributed by atoms with Gasteiger partial charge in [-0.05, 0) is 53.9 Å². The number of nitrogens with zero attached hydrogens (tertiary/aromatic N) is 1. The third-order valence-corrected chi connectivity index (χ3v) is 4.90. The van der Waals surface area contributed by atoms with Crippen LogP contribution in [0.1, 0.15) is 43.9 Å². The Morgan fingerprint density at radius 3 is 2.00 bits per heavy atom. The molecule has 3 aromatic rings. The van der Waals surface area contributed by atoms with E-state index in [1.807, 2.05) is 56.3 Å². The first-order valence-electron chi connectivity index (χ1n) is 10.7. The first-order valence-corrected chi connectivity index (χ1v) is 10.7. The SMILES string of the molecule is C=O.CCC(=O)O.CC[C@@H](c1ccc(OCc2ccccc2)cc1)N(C)c1ccc(F)cc1. The number of carbonyl (C=O) groups excluding carboxylic acids is 1. The number of ether oxygens (including phenoxy) is 1. The van der Waals surface area contributed by atoms with Gasteiger partial charge in [-0.3, -0.25) is 4.79 Å². The number of hydrogen-bond donors (Lipinski definition) is 1. The second-order valence-electron chi connectivity index (χ2n) is 7.10. The highest BCUT2D eigenvalue weighted by molar-refractivity contribution is 5.66. The van der Waals surface area contributed by atoms with Gasteiger partial charge in [-0.25, -0.2) is 4.39 Å². The first-order chi connectivity index (χ1) is 15.9. The van der Waals surface area contributed by atoms with E-state index >= 15 is 0 Å². The lowest BCUT2D eigenvalue weighted by Gasteiger charge is -2.30. The van der Waals surface area contributed by atoms with Gasteiger partial charge < -0.3 is 19.5 Å². The molecule has 1 atom stereocenters. The second kappa shape index (κ2) is 15.2. The number of carbonyl (C=O) groups is 2. The Labute approximate surface area is 195 Å². The normalized spacial score (nSPS) is 10.5. The molecule has 0 aliphatic carbocycles. The van der Waals surface area contributed by atoms with Crippen LogP contribution in [0.3, 0.4) is 0 Å². The van der Waals surface area contributed by atoms with E-state index < -0.39 is 5.97 Å². The lowest BCUT2D eigenvalue weighted by Crippen LogP contribution is -2.23. The summed E-state index contributed by atoms with van der Waals surface area (Å²) in [5, 5.41) is 7.72. The number of anilines is 1. The van der Waals surface area contributed by atoms with E-state index in [1.54, 1.807) is 6.92 Å². The van der Waals surface area contributed by atoms with Crippen LogP contribution in [-0.2, 0) is 16.2 Å². The van der Waals surface area contributed by atoms with Gasteiger partial charge in [-0.1, -0.05) is 56.3 Å². The van der Waals surface area contributed by atoms with Crippen molar-refractivity contribution in [3.8, 4) is 5.75 Å². The van der Waals surface area contributed by atoms with Crippen LogP contribution < -0.4 is 9.64 Å². The molecule has 1 N–H and O–H groups in total. The number of carboxylic acids is 1. The number of carboxylic acid groups (broad SMARTS) is 1. The molecule has 176 valence electrons. The molecule has 0 bridgehead atoms. The van der Waals surface area contributed by atoms with Gasteiger partial charge in [-0.2, -0.15) is 0 Å². The lowest BCUT2D eigenvalue weighted by molar-refractivity contribution is -0.136. The fraction of sp³-hybridized carbons (Fsp3) is 0.259. The van der Waals surface area contributed by atoms with Crippen molar-refractivity contribution in [2.45, 2.75) is 39.3 Å². The Hall–Kier alpha value is -3.67. The molecule has 0 amide bonds. The summed E-state index contributed by atoms with van der Waals surface area (Å²) in [4.78, 5) is 19.5. The summed E-state index contributed by atoms with van der Waals surface area (Å²) in [5.41, 5.74) is 3.37. The zero-order valence-corrected chi connectivity index (χ0v) is 19.4. The predicted molar refractivity (Wildman–Crippen MR) is 130 cm³/mol. The van der Waals surface area contributed by atoms with Crippen LogP contribution in [-0.4, -0.2) is 24.9 Å². The Kier molecular flexibility index (Phi) is 12.6. The summed E-state index contributed by atoms with van der Waals surface area (Å²) < 4.78 is 19.0. The molecule has 0 fully saturated rings. The molecule has 3 rings (SSSR count). The first kappa shape index (κ1) is 27.4. The maximum atomic E-state index is 13.2. The molecular formula is C27H32FNO4. The summed E-state index contributed by atoms with van der Waals surface area (Å²) in [7, 11) is 2.04. The summed E-state index contributed by atoms with van der Waals surface area (Å²) in [5.74, 6) is -0.1000. The van der Waals surface area contributed by atoms with E-state index in [-0.39, 0.29) is 18.3 Å². The lowest BCUT2D eigenvalue weighted by atomic mass is 10.0. The highest BCUT2D eigenvalue weighted by Crippen LogP contribution is 2.29. The quantitative estimate of drug-likeness (QED) is 0.434. The topological polar surface area (TPSA) is 66.8 Å². The monoisotopic (exact) mass is 453 g/mol. The fourth-order valence-electron chi connectivity index (χ4n) is 3.12. The van der Waals surface area contributed by atoms with Crippen LogP contribution in [0.25, 0.3) is 0 Å². The van der Waals surface area contributed by atoms with Crippen molar-refractivity contribution in [2.24, 2.45) is 0 Å². The second-order valence-corrected chi connectivity index (χ2v) is 7.10. The molecule has 0 saturated heterocycles. The molecule has 0 aliphatic heterocycles. The number of aliphatic carboxylic acids is 1. The molecule has 5 nitrogen and oxygen atoms in total. The van der Waals surface area contributed by atoms with Crippen molar-refractivity contribution in [1.29, 1.82) is 0 Å². The molecule has 0 unspecified atom stereocenters. The molecular weight excluding hydrogens is 421 g/mol. The summed E-state index contributed by atoms with van der Waals surface area (Å²) >= 11 is 0. The largest absolute Gasteiger partial charge is 0.489 e. The van der Waals surface area contributed by atoms with Crippen LogP contribution >= 0.6 is 0 Å². The molecule has 33 heavy (non-hydrogen) atoms. The van der Waals surface area contributed by atoms with E-state index in [0.717, 1.165) is 23.4 Å². The summed E-state index contributed by atoms with van der Waals surface area (Å²) in [6, 6.07) is 25.2. The molecule has 0 radical (unpaired) electrons. The maximum Gasteiger partial charge on any atom is 0.303 e. The molecule has 0 aliphatic rings. The summed E-state index contributed by atoms with van der Waals surface area (Å²) in [6.07, 6.45) is 1.18. The van der Waals surface area contributed by atoms with Crippen molar-refractivity contribution in [1.82, 2.24) is 0 Å². The highest BCUT2D eigenvalue weighted by Gasteiger charge is 2.16. The van der Waals surface area contributed by atoms with E-state index in [2.05, 4.69) is 36.1 Å². The molecule has 6 heteroatoms. The zero-order chi connectivity index (χ0) is 24.6. The smallest absolute Gasteiger partial charge is 0.303 e. The van der Waals surface area contributed by atoms with Gasteiger partial charge in [0.2, 0.25) is 0 Å². The van der Waals surface area contributed by atoms with Gasteiger partial charge in [0.1, 0.15) is 25.0 Å². The van der Waals surface area contributed by atoms with E-state index in [4.69, 9.17) is 14.6 Å². The van der Waals surface area contributed by atoms with Crippen LogP contribution in [0.4, 0.5) is 10.1 Å². The Morgan fingerprint density at radius 2 is 1.52 bits per heavy atom. The van der Waals surface area contributed by atoms with Gasteiger partial charge in [0.25, 0.3) is 0 Å². The third-order valence-electron chi connectivity index (χ3n) is 4.90. The third kappa shape index (κ3) is 9.56. The van der Waals surface area contributed by atoms with Crippen molar-refractivity contribution in [2.75, 3.05) is 11.9 Å². The van der Waals surface area contributed by atoms with Crippen LogP contribution in [0, 0.1) is 5.82 Å². The zero-order valence-electron chi connectivity index (χ0n) is 19.4. The minimum absolute atomic E-state index is 0.213. The standard InChI is InChI=1S/C23H24FNO.C3H6O2.CH2O/c1-3-23(25(2)21-13-11-20(24)12-14-21)19-9-15-22(16-10-19)26-17-18-7-5-4-6-8-18;1-2-3(4)5;1-2/h4-16,23H,3,17H2,1-2H3;2H2,1H3,(H,4,5);1H2/t23-;;/m0../s1. The number of hydrogen-bond acceptors (Lipinski definition) is 4. The molecule has 0 aromatic heterocycles. The van der Waals surface area contributed by atoms with E-state index in [9.17, 15) is 9.18 Å². The highest BCUT2D eigenvalue weighted by atomic mass is 19.1. The number of benzene rings is 3. The minimum atomic E-state index is -0.745. The molecule has 0 saturated carbocycles. The van der Waals surface area contributed by atoms with E-state index in [0.29, 0.717) is 6.61 Å². The minimum Gasteiger partial charge on any atom is -0.489 e. The average molecular weight is 454 g/mol. The van der Waals surface area contributed by atoms with Crippen LogP contribution in [0.15, 0.2) is 78.9 Å². The van der Waals surface area contributed by atoms with Crippen molar-refractivity contribution >= 4 is 18.4 Å².